The van der Waals surface area contributed by atoms with Gasteiger partial charge in [-0.1, -0.05) is 33.6 Å². The number of ether oxygens (including phenoxy) is 2. The summed E-state index contributed by atoms with van der Waals surface area (Å²) in [5.74, 6) is 1.21. The molecule has 0 atom stereocenters. The van der Waals surface area contributed by atoms with Gasteiger partial charge in [-0.2, -0.15) is 0 Å². The Morgan fingerprint density at radius 3 is 1.74 bits per heavy atom. The molecule has 3 heteroatoms. The van der Waals surface area contributed by atoms with Crippen molar-refractivity contribution >= 4 is 0 Å². The Kier molecular flexibility index (Phi) is 7.16. The number of aryl methyl sites for hydroxylation is 1. The van der Waals surface area contributed by atoms with Crippen molar-refractivity contribution in [1.29, 1.82) is 0 Å². The van der Waals surface area contributed by atoms with E-state index in [-0.39, 0.29) is 5.75 Å². The van der Waals surface area contributed by atoms with Gasteiger partial charge in [-0.05, 0) is 37.0 Å². The van der Waals surface area contributed by atoms with Gasteiger partial charge in [-0.3, -0.25) is 0 Å². The number of hydrogen-bond donors (Lipinski definition) is 1. The molecule has 0 saturated carbocycles. The molecule has 0 aliphatic carbocycles. The molecule has 0 aliphatic heterocycles. The minimum Gasteiger partial charge on any atom is -0.502 e. The third-order valence-electron chi connectivity index (χ3n) is 3.02. The van der Waals surface area contributed by atoms with Gasteiger partial charge in [0.2, 0.25) is 5.75 Å². The van der Waals surface area contributed by atoms with Crippen molar-refractivity contribution < 1.29 is 14.6 Å². The summed E-state index contributed by atoms with van der Waals surface area (Å²) in [6.45, 7) is 7.57. The van der Waals surface area contributed by atoms with Crippen LogP contribution in [0.2, 0.25) is 0 Å². The third-order valence-corrected chi connectivity index (χ3v) is 3.02. The van der Waals surface area contributed by atoms with Gasteiger partial charge in [0.1, 0.15) is 0 Å². The van der Waals surface area contributed by atoms with E-state index in [4.69, 9.17) is 9.47 Å². The Hall–Kier alpha value is -1.38. The summed E-state index contributed by atoms with van der Waals surface area (Å²) < 4.78 is 11.3. The maximum Gasteiger partial charge on any atom is 0.200 e. The lowest BCUT2D eigenvalue weighted by molar-refractivity contribution is 0.267. The molecule has 1 aromatic rings. The Morgan fingerprint density at radius 1 is 0.895 bits per heavy atom. The summed E-state index contributed by atoms with van der Waals surface area (Å²) >= 11 is 0. The highest BCUT2D eigenvalue weighted by Crippen LogP contribution is 2.38. The molecule has 3 nitrogen and oxygen atoms in total. The topological polar surface area (TPSA) is 38.7 Å². The number of phenolic OH excluding ortho intramolecular Hbond substituents is 1. The van der Waals surface area contributed by atoms with Crippen LogP contribution in [0.3, 0.4) is 0 Å². The normalized spacial score (nSPS) is 10.5. The van der Waals surface area contributed by atoms with Crippen LogP contribution in [-0.4, -0.2) is 18.3 Å². The van der Waals surface area contributed by atoms with E-state index in [9.17, 15) is 5.11 Å². The van der Waals surface area contributed by atoms with Crippen LogP contribution in [0.4, 0.5) is 0 Å². The predicted octanol–water partition coefficient (Wildman–Crippen LogP) is 4.31. The monoisotopic (exact) mass is 266 g/mol. The average Bonchev–Trinajstić information content (AvgIpc) is 2.42. The summed E-state index contributed by atoms with van der Waals surface area (Å²) in [7, 11) is 0. The molecule has 1 N–H and O–H groups in total. The zero-order chi connectivity index (χ0) is 14.1. The van der Waals surface area contributed by atoms with Gasteiger partial charge in [0.05, 0.1) is 13.2 Å². The van der Waals surface area contributed by atoms with Gasteiger partial charge < -0.3 is 14.6 Å². The zero-order valence-corrected chi connectivity index (χ0v) is 12.4. The van der Waals surface area contributed by atoms with Gasteiger partial charge in [-0.25, -0.2) is 0 Å². The van der Waals surface area contributed by atoms with Crippen molar-refractivity contribution in [2.45, 2.75) is 52.9 Å². The molecule has 1 rings (SSSR count). The van der Waals surface area contributed by atoms with Crippen molar-refractivity contribution in [1.82, 2.24) is 0 Å². The van der Waals surface area contributed by atoms with Crippen molar-refractivity contribution in [3.8, 4) is 17.2 Å². The first-order valence-corrected chi connectivity index (χ1v) is 7.34. The molecular weight excluding hydrogens is 240 g/mol. The van der Waals surface area contributed by atoms with E-state index in [2.05, 4.69) is 20.8 Å². The molecule has 0 heterocycles. The number of benzene rings is 1. The number of unbranched alkanes of at least 4 members (excludes halogenated alkanes) is 2. The molecule has 0 amide bonds. The second kappa shape index (κ2) is 8.68. The molecule has 0 unspecified atom stereocenters. The van der Waals surface area contributed by atoms with Gasteiger partial charge in [0, 0.05) is 0 Å². The van der Waals surface area contributed by atoms with Crippen LogP contribution < -0.4 is 9.47 Å². The molecule has 19 heavy (non-hydrogen) atoms. The number of rotatable bonds is 9. The number of aromatic hydroxyl groups is 1. The van der Waals surface area contributed by atoms with E-state index in [1.807, 2.05) is 12.1 Å². The van der Waals surface area contributed by atoms with Crippen LogP contribution in [0.5, 0.6) is 17.2 Å². The molecular formula is C16H26O3. The highest BCUT2D eigenvalue weighted by atomic mass is 16.5. The highest BCUT2D eigenvalue weighted by molar-refractivity contribution is 5.52. The summed E-state index contributed by atoms with van der Waals surface area (Å²) in [5, 5.41) is 10.2. The molecule has 108 valence electrons. The predicted molar refractivity (Wildman–Crippen MR) is 78.3 cm³/mol. The quantitative estimate of drug-likeness (QED) is 0.677. The van der Waals surface area contributed by atoms with E-state index in [1.165, 1.54) is 0 Å². The number of hydrogen-bond acceptors (Lipinski definition) is 3. The maximum atomic E-state index is 10.2. The Morgan fingerprint density at radius 2 is 1.37 bits per heavy atom. The van der Waals surface area contributed by atoms with Crippen LogP contribution in [0.25, 0.3) is 0 Å². The largest absolute Gasteiger partial charge is 0.502 e. The Balaban J connectivity index is 2.80. The molecule has 0 saturated heterocycles. The van der Waals surface area contributed by atoms with E-state index in [0.29, 0.717) is 24.7 Å². The fourth-order valence-electron chi connectivity index (χ4n) is 1.71. The molecule has 1 aromatic carbocycles. The molecule has 0 spiro atoms. The van der Waals surface area contributed by atoms with Crippen molar-refractivity contribution in [2.24, 2.45) is 0 Å². The van der Waals surface area contributed by atoms with Crippen molar-refractivity contribution in [2.75, 3.05) is 13.2 Å². The molecule has 0 aromatic heterocycles. The highest BCUT2D eigenvalue weighted by Gasteiger charge is 2.12. The smallest absolute Gasteiger partial charge is 0.200 e. The van der Waals surface area contributed by atoms with E-state index >= 15 is 0 Å². The Labute approximate surface area is 116 Å². The summed E-state index contributed by atoms with van der Waals surface area (Å²) in [5.41, 5.74) is 1.12. The lowest BCUT2D eigenvalue weighted by atomic mass is 10.1. The molecule has 0 bridgehead atoms. The lowest BCUT2D eigenvalue weighted by Crippen LogP contribution is -2.01. The second-order valence-corrected chi connectivity index (χ2v) is 4.70. The van der Waals surface area contributed by atoms with Crippen LogP contribution >= 0.6 is 0 Å². The van der Waals surface area contributed by atoms with Crippen LogP contribution in [0.1, 0.15) is 52.0 Å². The fraction of sp³-hybridized carbons (Fsp3) is 0.625. The van der Waals surface area contributed by atoms with Crippen molar-refractivity contribution in [3.05, 3.63) is 17.7 Å². The minimum atomic E-state index is 0.129. The third kappa shape index (κ3) is 5.01. The SMILES string of the molecule is CCCCOc1cc(CC)cc(OCCCC)c1O. The summed E-state index contributed by atoms with van der Waals surface area (Å²) in [4.78, 5) is 0. The standard InChI is InChI=1S/C16H26O3/c1-4-7-9-18-14-11-13(6-3)12-15(16(14)17)19-10-8-5-2/h11-12,17H,4-10H2,1-3H3. The lowest BCUT2D eigenvalue weighted by Gasteiger charge is -2.14. The zero-order valence-electron chi connectivity index (χ0n) is 12.4. The van der Waals surface area contributed by atoms with Gasteiger partial charge in [0.25, 0.3) is 0 Å². The summed E-state index contributed by atoms with van der Waals surface area (Å²) in [6, 6.07) is 3.80. The molecule has 0 fully saturated rings. The van der Waals surface area contributed by atoms with Gasteiger partial charge in [-0.15, -0.1) is 0 Å². The van der Waals surface area contributed by atoms with E-state index in [1.54, 1.807) is 0 Å². The van der Waals surface area contributed by atoms with Crippen LogP contribution in [-0.2, 0) is 6.42 Å². The second-order valence-electron chi connectivity index (χ2n) is 4.70. The van der Waals surface area contributed by atoms with E-state index in [0.717, 1.165) is 37.7 Å². The van der Waals surface area contributed by atoms with Gasteiger partial charge in [0.15, 0.2) is 11.5 Å². The maximum absolute atomic E-state index is 10.2. The Bertz CT molecular complexity index is 343. The molecule has 0 aliphatic rings. The number of phenols is 1. The average molecular weight is 266 g/mol. The van der Waals surface area contributed by atoms with Crippen LogP contribution in [0, 0.1) is 0 Å². The van der Waals surface area contributed by atoms with Crippen LogP contribution in [0.15, 0.2) is 12.1 Å². The first-order valence-electron chi connectivity index (χ1n) is 7.34. The first-order chi connectivity index (χ1) is 9.22. The van der Waals surface area contributed by atoms with Crippen molar-refractivity contribution in [3.63, 3.8) is 0 Å². The summed E-state index contributed by atoms with van der Waals surface area (Å²) in [6.07, 6.45) is 5.03. The fourth-order valence-corrected chi connectivity index (χ4v) is 1.71. The minimum absolute atomic E-state index is 0.129. The first kappa shape index (κ1) is 15.7. The molecule has 0 radical (unpaired) electrons. The van der Waals surface area contributed by atoms with Gasteiger partial charge >= 0.3 is 0 Å². The van der Waals surface area contributed by atoms with E-state index < -0.39 is 0 Å².